The lowest BCUT2D eigenvalue weighted by Gasteiger charge is -2.22. The maximum atomic E-state index is 10.4. The zero-order valence-corrected chi connectivity index (χ0v) is 14.8. The lowest BCUT2D eigenvalue weighted by Crippen LogP contribution is -2.45. The fourth-order valence-electron chi connectivity index (χ4n) is 1.96. The molecule has 3 unspecified atom stereocenters. The summed E-state index contributed by atoms with van der Waals surface area (Å²) >= 11 is 0. The van der Waals surface area contributed by atoms with Crippen molar-refractivity contribution >= 4 is 29.9 Å². The third-order valence-corrected chi connectivity index (χ3v) is 3.53. The van der Waals surface area contributed by atoms with Crippen LogP contribution in [0.3, 0.4) is 0 Å². The van der Waals surface area contributed by atoms with Gasteiger partial charge in [-0.1, -0.05) is 6.92 Å². The Morgan fingerprint density at radius 3 is 2.65 bits per heavy atom. The number of halogens is 1. The van der Waals surface area contributed by atoms with Crippen LogP contribution in [0.4, 0.5) is 0 Å². The summed E-state index contributed by atoms with van der Waals surface area (Å²) < 4.78 is 5.47. The van der Waals surface area contributed by atoms with Crippen molar-refractivity contribution in [2.45, 2.75) is 38.8 Å². The molecule has 20 heavy (non-hydrogen) atoms. The van der Waals surface area contributed by atoms with Crippen molar-refractivity contribution in [2.75, 3.05) is 13.6 Å². The highest BCUT2D eigenvalue weighted by Crippen LogP contribution is 2.28. The van der Waals surface area contributed by atoms with E-state index in [2.05, 4.69) is 22.5 Å². The summed E-state index contributed by atoms with van der Waals surface area (Å²) in [6.45, 7) is 6.14. The molecule has 5 nitrogen and oxygen atoms in total. The molecular weight excluding hydrogens is 369 g/mol. The van der Waals surface area contributed by atoms with Crippen LogP contribution in [0, 0.1) is 12.8 Å². The molecule has 3 N–H and O–H groups in total. The zero-order chi connectivity index (χ0) is 14.0. The maximum Gasteiger partial charge on any atom is 0.191 e. The van der Waals surface area contributed by atoms with E-state index in [-0.39, 0.29) is 24.0 Å². The molecule has 114 valence electrons. The van der Waals surface area contributed by atoms with Gasteiger partial charge in [0.1, 0.15) is 17.1 Å². The van der Waals surface area contributed by atoms with Gasteiger partial charge in [0.25, 0.3) is 0 Å². The minimum absolute atomic E-state index is 0. The van der Waals surface area contributed by atoms with E-state index in [1.807, 2.05) is 13.0 Å². The van der Waals surface area contributed by atoms with Crippen molar-refractivity contribution in [2.24, 2.45) is 10.9 Å². The van der Waals surface area contributed by atoms with Gasteiger partial charge in [-0.2, -0.15) is 0 Å². The molecule has 6 heteroatoms. The van der Waals surface area contributed by atoms with E-state index in [1.165, 1.54) is 6.42 Å². The maximum absolute atomic E-state index is 10.4. The molecule has 0 aliphatic heterocycles. The Kier molecular flexibility index (Phi) is 5.88. The second kappa shape index (κ2) is 6.80. The number of aliphatic imine (C=N–C) groups is 1. The number of rotatable bonds is 4. The molecule has 0 amide bonds. The summed E-state index contributed by atoms with van der Waals surface area (Å²) in [5.41, 5.74) is -1.05. The Morgan fingerprint density at radius 2 is 2.20 bits per heavy atom. The summed E-state index contributed by atoms with van der Waals surface area (Å²) in [6.07, 6.45) is 1.18. The number of guanidine groups is 1. The molecule has 0 saturated heterocycles. The Bertz CT molecular complexity index is 471. The normalized spacial score (nSPS) is 24.6. The molecule has 1 saturated carbocycles. The number of aliphatic hydroxyl groups is 1. The summed E-state index contributed by atoms with van der Waals surface area (Å²) in [7, 11) is 1.73. The summed E-state index contributed by atoms with van der Waals surface area (Å²) in [5.74, 6) is 2.78. The van der Waals surface area contributed by atoms with Gasteiger partial charge in [-0.15, -0.1) is 24.0 Å². The first-order valence-corrected chi connectivity index (χ1v) is 6.69. The van der Waals surface area contributed by atoms with Crippen molar-refractivity contribution in [1.29, 1.82) is 0 Å². The van der Waals surface area contributed by atoms with Crippen LogP contribution >= 0.6 is 24.0 Å². The first-order chi connectivity index (χ1) is 8.92. The van der Waals surface area contributed by atoms with E-state index in [4.69, 9.17) is 4.42 Å². The van der Waals surface area contributed by atoms with Gasteiger partial charge in [-0.25, -0.2) is 0 Å². The van der Waals surface area contributed by atoms with Gasteiger partial charge in [-0.3, -0.25) is 4.99 Å². The third-order valence-electron chi connectivity index (χ3n) is 3.53. The summed E-state index contributed by atoms with van der Waals surface area (Å²) in [4.78, 5) is 4.16. The predicted molar refractivity (Wildman–Crippen MR) is 90.5 cm³/mol. The Hall–Kier alpha value is -0.760. The lowest BCUT2D eigenvalue weighted by molar-refractivity contribution is 0.0378. The molecule has 0 radical (unpaired) electrons. The monoisotopic (exact) mass is 393 g/mol. The van der Waals surface area contributed by atoms with Crippen molar-refractivity contribution < 1.29 is 9.52 Å². The standard InChI is InChI=1S/C14H23N3O2.HI/c1-9-7-11(9)17-13(15-4)16-8-14(3,18)12-6-5-10(2)19-12;/h5-6,9,11,18H,7-8H2,1-4H3,(H2,15,16,17);1H. The molecule has 1 aromatic heterocycles. The van der Waals surface area contributed by atoms with E-state index in [9.17, 15) is 5.11 Å². The Morgan fingerprint density at radius 1 is 1.55 bits per heavy atom. The van der Waals surface area contributed by atoms with Gasteiger partial charge in [-0.05, 0) is 38.3 Å². The van der Waals surface area contributed by atoms with Crippen LogP contribution in [0.15, 0.2) is 21.5 Å². The van der Waals surface area contributed by atoms with Gasteiger partial charge < -0.3 is 20.2 Å². The van der Waals surface area contributed by atoms with E-state index >= 15 is 0 Å². The molecular formula is C14H24IN3O2. The first-order valence-electron chi connectivity index (χ1n) is 6.69. The summed E-state index contributed by atoms with van der Waals surface area (Å²) in [6, 6.07) is 4.15. The molecule has 0 bridgehead atoms. The van der Waals surface area contributed by atoms with Crippen LogP contribution < -0.4 is 10.6 Å². The quantitative estimate of drug-likeness (QED) is 0.416. The van der Waals surface area contributed by atoms with Gasteiger partial charge in [0.15, 0.2) is 5.96 Å². The highest BCUT2D eigenvalue weighted by Gasteiger charge is 2.34. The molecule has 2 rings (SSSR count). The van der Waals surface area contributed by atoms with E-state index in [0.717, 1.165) is 11.7 Å². The SMILES string of the molecule is CN=C(NCC(C)(O)c1ccc(C)o1)NC1CC1C.I. The number of furan rings is 1. The van der Waals surface area contributed by atoms with Crippen LogP contribution in [0.2, 0.25) is 0 Å². The average Bonchev–Trinajstić information content (AvgIpc) is 2.85. The topological polar surface area (TPSA) is 69.8 Å². The second-order valence-electron chi connectivity index (χ2n) is 5.57. The fraction of sp³-hybridized carbons (Fsp3) is 0.643. The number of nitrogens with one attached hydrogen (secondary N) is 2. The predicted octanol–water partition coefficient (Wildman–Crippen LogP) is 1.99. The molecule has 1 fully saturated rings. The Labute approximate surface area is 137 Å². The van der Waals surface area contributed by atoms with Gasteiger partial charge >= 0.3 is 0 Å². The minimum atomic E-state index is -1.05. The van der Waals surface area contributed by atoms with Crippen molar-refractivity contribution in [1.82, 2.24) is 10.6 Å². The van der Waals surface area contributed by atoms with Crippen LogP contribution in [0.25, 0.3) is 0 Å². The van der Waals surface area contributed by atoms with Crippen LogP contribution in [0.5, 0.6) is 0 Å². The number of aryl methyl sites for hydroxylation is 1. The van der Waals surface area contributed by atoms with Gasteiger partial charge in [0.05, 0.1) is 6.54 Å². The van der Waals surface area contributed by atoms with Crippen LogP contribution in [-0.2, 0) is 5.60 Å². The lowest BCUT2D eigenvalue weighted by atomic mass is 10.0. The highest BCUT2D eigenvalue weighted by atomic mass is 127. The zero-order valence-electron chi connectivity index (χ0n) is 12.4. The molecule has 3 atom stereocenters. The first kappa shape index (κ1) is 17.3. The van der Waals surface area contributed by atoms with Gasteiger partial charge in [0.2, 0.25) is 0 Å². The van der Waals surface area contributed by atoms with Crippen molar-refractivity contribution in [3.05, 3.63) is 23.7 Å². The number of hydrogen-bond donors (Lipinski definition) is 3. The summed E-state index contributed by atoms with van der Waals surface area (Å²) in [5, 5.41) is 16.9. The minimum Gasteiger partial charge on any atom is -0.463 e. The van der Waals surface area contributed by atoms with E-state index < -0.39 is 5.60 Å². The molecule has 1 aliphatic rings. The van der Waals surface area contributed by atoms with Crippen molar-refractivity contribution in [3.8, 4) is 0 Å². The molecule has 0 aromatic carbocycles. The highest BCUT2D eigenvalue weighted by molar-refractivity contribution is 14.0. The van der Waals surface area contributed by atoms with Crippen molar-refractivity contribution in [3.63, 3.8) is 0 Å². The van der Waals surface area contributed by atoms with Crippen LogP contribution in [-0.4, -0.2) is 30.7 Å². The van der Waals surface area contributed by atoms with Crippen LogP contribution in [0.1, 0.15) is 31.8 Å². The van der Waals surface area contributed by atoms with E-state index in [0.29, 0.717) is 24.3 Å². The van der Waals surface area contributed by atoms with E-state index in [1.54, 1.807) is 20.0 Å². The largest absolute Gasteiger partial charge is 0.463 e. The smallest absolute Gasteiger partial charge is 0.191 e. The molecule has 1 aliphatic carbocycles. The molecule has 1 aromatic rings. The van der Waals surface area contributed by atoms with Gasteiger partial charge in [0, 0.05) is 13.1 Å². The Balaban J connectivity index is 0.00000200. The second-order valence-corrected chi connectivity index (χ2v) is 5.57. The number of hydrogen-bond acceptors (Lipinski definition) is 3. The fourth-order valence-corrected chi connectivity index (χ4v) is 1.96. The molecule has 1 heterocycles. The number of nitrogens with zero attached hydrogens (tertiary/aromatic N) is 1. The average molecular weight is 393 g/mol. The third kappa shape index (κ3) is 4.37. The molecule has 0 spiro atoms.